The Kier molecular flexibility index (Phi) is 10.0. The third kappa shape index (κ3) is 6.24. The van der Waals surface area contributed by atoms with Crippen LogP contribution in [-0.2, 0) is 0 Å². The number of likely N-dealkylation sites (tertiary alicyclic amines) is 2. The molecule has 6 heteroatoms. The van der Waals surface area contributed by atoms with E-state index in [0.717, 1.165) is 56.4 Å². The van der Waals surface area contributed by atoms with E-state index in [0.29, 0.717) is 0 Å². The van der Waals surface area contributed by atoms with Gasteiger partial charge in [-0.25, -0.2) is 0 Å². The largest absolute Gasteiger partial charge is 0.389 e. The van der Waals surface area contributed by atoms with E-state index >= 15 is 0 Å². The first-order valence-electron chi connectivity index (χ1n) is 11.1. The monoisotopic (exact) mass is 462 g/mol. The summed E-state index contributed by atoms with van der Waals surface area (Å²) >= 11 is 6.31. The molecule has 1 aliphatic carbocycles. The maximum Gasteiger partial charge on any atom is 0.0728 e. The molecule has 3 aliphatic rings. The Hall–Kier alpha value is -0.0300. The second kappa shape index (κ2) is 11.5. The van der Waals surface area contributed by atoms with Crippen LogP contribution in [0.3, 0.4) is 0 Å². The number of aliphatic hydroxyl groups is 1. The van der Waals surface area contributed by atoms with Crippen LogP contribution in [0.2, 0.25) is 5.02 Å². The van der Waals surface area contributed by atoms with Gasteiger partial charge in [0.25, 0.3) is 0 Å². The minimum absolute atomic E-state index is 0. The fourth-order valence-electron chi connectivity index (χ4n) is 5.65. The molecule has 1 atom stereocenters. The molecule has 3 fully saturated rings. The fourth-order valence-corrected chi connectivity index (χ4v) is 5.85. The minimum atomic E-state index is -0.575. The summed E-state index contributed by atoms with van der Waals surface area (Å²) < 4.78 is 0. The van der Waals surface area contributed by atoms with E-state index in [4.69, 9.17) is 11.6 Å². The van der Waals surface area contributed by atoms with Gasteiger partial charge < -0.3 is 14.9 Å². The summed E-state index contributed by atoms with van der Waals surface area (Å²) in [6.07, 6.45) is 10.7. The highest BCUT2D eigenvalue weighted by Crippen LogP contribution is 2.41. The van der Waals surface area contributed by atoms with Crippen molar-refractivity contribution < 1.29 is 5.11 Å². The van der Waals surface area contributed by atoms with Gasteiger partial charge in [0, 0.05) is 23.5 Å². The van der Waals surface area contributed by atoms with Crippen molar-refractivity contribution in [3.8, 4) is 0 Å². The number of halogens is 3. The van der Waals surface area contributed by atoms with Crippen molar-refractivity contribution in [3.63, 3.8) is 0 Å². The minimum Gasteiger partial charge on any atom is -0.389 e. The smallest absolute Gasteiger partial charge is 0.0728 e. The van der Waals surface area contributed by atoms with Crippen LogP contribution in [0.4, 0.5) is 0 Å². The molecule has 1 unspecified atom stereocenters. The zero-order chi connectivity index (χ0) is 18.7. The van der Waals surface area contributed by atoms with Crippen LogP contribution in [-0.4, -0.2) is 59.3 Å². The van der Waals surface area contributed by atoms with Crippen molar-refractivity contribution in [2.45, 2.75) is 75.3 Å². The third-order valence-electron chi connectivity index (χ3n) is 7.27. The zero-order valence-corrected chi connectivity index (χ0v) is 19.8. The molecule has 0 amide bonds. The summed E-state index contributed by atoms with van der Waals surface area (Å²) in [5.74, 6) is 0.167. The first-order chi connectivity index (χ1) is 13.1. The van der Waals surface area contributed by atoms with Gasteiger partial charge >= 0.3 is 0 Å². The lowest BCUT2D eigenvalue weighted by Crippen LogP contribution is -2.48. The van der Waals surface area contributed by atoms with Crippen molar-refractivity contribution in [1.82, 2.24) is 9.80 Å². The van der Waals surface area contributed by atoms with Crippen LogP contribution in [0.5, 0.6) is 0 Å². The van der Waals surface area contributed by atoms with Crippen molar-refractivity contribution in [3.05, 3.63) is 34.9 Å². The number of rotatable bonds is 5. The molecule has 2 aliphatic heterocycles. The highest BCUT2D eigenvalue weighted by Gasteiger charge is 2.40. The molecule has 0 bridgehead atoms. The summed E-state index contributed by atoms with van der Waals surface area (Å²) in [4.78, 5) is 5.31. The molecule has 1 saturated carbocycles. The van der Waals surface area contributed by atoms with Gasteiger partial charge in [-0.15, -0.1) is 24.8 Å². The lowest BCUT2D eigenvalue weighted by Gasteiger charge is -2.44. The normalized spacial score (nSPS) is 24.5. The zero-order valence-electron chi connectivity index (χ0n) is 17.4. The van der Waals surface area contributed by atoms with Crippen LogP contribution in [0, 0.1) is 0 Å². The number of hydrogen-bond donors (Lipinski definition) is 1. The topological polar surface area (TPSA) is 26.7 Å². The molecule has 1 N–H and O–H groups in total. The Morgan fingerprint density at radius 3 is 2.24 bits per heavy atom. The number of nitrogens with zero attached hydrogens (tertiary/aromatic N) is 2. The lowest BCUT2D eigenvalue weighted by atomic mass is 9.72. The van der Waals surface area contributed by atoms with E-state index in [-0.39, 0.29) is 30.7 Å². The average molecular weight is 464 g/mol. The van der Waals surface area contributed by atoms with Gasteiger partial charge in [-0.3, -0.25) is 0 Å². The van der Waals surface area contributed by atoms with E-state index in [1.54, 1.807) is 0 Å². The molecule has 2 saturated heterocycles. The lowest BCUT2D eigenvalue weighted by molar-refractivity contribution is -0.0338. The molecule has 4 rings (SSSR count). The summed E-state index contributed by atoms with van der Waals surface area (Å²) in [5, 5.41) is 12.3. The highest BCUT2D eigenvalue weighted by atomic mass is 35.5. The Morgan fingerprint density at radius 2 is 1.62 bits per heavy atom. The summed E-state index contributed by atoms with van der Waals surface area (Å²) in [6.45, 7) is 5.89. The van der Waals surface area contributed by atoms with Crippen molar-refractivity contribution in [2.24, 2.45) is 0 Å². The van der Waals surface area contributed by atoms with E-state index in [1.807, 2.05) is 12.1 Å². The Balaban J connectivity index is 0.00000150. The molecule has 166 valence electrons. The predicted octanol–water partition coefficient (Wildman–Crippen LogP) is 5.52. The van der Waals surface area contributed by atoms with Crippen molar-refractivity contribution in [2.75, 3.05) is 32.7 Å². The van der Waals surface area contributed by atoms with Gasteiger partial charge in [0.05, 0.1) is 5.60 Å². The van der Waals surface area contributed by atoms with Crippen LogP contribution in [0.25, 0.3) is 0 Å². The fraction of sp³-hybridized carbons (Fsp3) is 0.739. The van der Waals surface area contributed by atoms with Crippen molar-refractivity contribution in [1.29, 1.82) is 0 Å². The summed E-state index contributed by atoms with van der Waals surface area (Å²) in [7, 11) is 0. The summed E-state index contributed by atoms with van der Waals surface area (Å²) in [5.41, 5.74) is 0.642. The van der Waals surface area contributed by atoms with Gasteiger partial charge in [-0.1, -0.05) is 43.0 Å². The first-order valence-corrected chi connectivity index (χ1v) is 11.5. The standard InChI is InChI=1S/C23H35ClN2O.2ClH/c24-20-8-6-7-19(17-20)22(23(27)11-2-1-3-12-23)18-25-15-9-21(10-16-25)26-13-4-5-14-26;;/h6-8,17,21-22,27H,1-5,9-16,18H2;2*1H. The number of piperidine rings is 1. The SMILES string of the molecule is Cl.Cl.OC1(C(CN2CCC(N3CCCC3)CC2)c2cccc(Cl)c2)CCCCC1. The number of benzene rings is 1. The molecule has 3 nitrogen and oxygen atoms in total. The van der Waals surface area contributed by atoms with Crippen LogP contribution in [0.1, 0.15) is 69.3 Å². The maximum absolute atomic E-state index is 11.6. The van der Waals surface area contributed by atoms with E-state index in [9.17, 15) is 5.11 Å². The summed E-state index contributed by atoms with van der Waals surface area (Å²) in [6, 6.07) is 9.01. The molecule has 29 heavy (non-hydrogen) atoms. The first kappa shape index (κ1) is 25.2. The molecule has 0 spiro atoms. The quantitative estimate of drug-likeness (QED) is 0.622. The van der Waals surface area contributed by atoms with Gasteiger partial charge in [0.1, 0.15) is 0 Å². The average Bonchev–Trinajstić information content (AvgIpc) is 3.22. The molecule has 0 radical (unpaired) electrons. The second-order valence-corrected chi connectivity index (χ2v) is 9.48. The van der Waals surface area contributed by atoms with Crippen LogP contribution < -0.4 is 0 Å². The highest BCUT2D eigenvalue weighted by molar-refractivity contribution is 6.30. The number of hydrogen-bond acceptors (Lipinski definition) is 3. The van der Waals surface area contributed by atoms with E-state index in [2.05, 4.69) is 21.9 Å². The molecule has 2 heterocycles. The van der Waals surface area contributed by atoms with Gasteiger partial charge in [0.15, 0.2) is 0 Å². The Bertz CT molecular complexity index is 610. The van der Waals surface area contributed by atoms with Crippen molar-refractivity contribution >= 4 is 36.4 Å². The molecule has 1 aromatic carbocycles. The van der Waals surface area contributed by atoms with E-state index < -0.39 is 5.60 Å². The third-order valence-corrected chi connectivity index (χ3v) is 7.51. The maximum atomic E-state index is 11.6. The molecule has 1 aromatic rings. The predicted molar refractivity (Wildman–Crippen MR) is 127 cm³/mol. The molecule has 0 aromatic heterocycles. The van der Waals surface area contributed by atoms with Gasteiger partial charge in [-0.05, 0) is 82.4 Å². The second-order valence-electron chi connectivity index (χ2n) is 9.05. The Morgan fingerprint density at radius 1 is 0.966 bits per heavy atom. The van der Waals surface area contributed by atoms with Gasteiger partial charge in [-0.2, -0.15) is 0 Å². The molecular weight excluding hydrogens is 427 g/mol. The van der Waals surface area contributed by atoms with Crippen LogP contribution in [0.15, 0.2) is 24.3 Å². The molecular formula is C23H37Cl3N2O. The Labute approximate surface area is 194 Å². The van der Waals surface area contributed by atoms with E-state index in [1.165, 1.54) is 50.8 Å². The van der Waals surface area contributed by atoms with Gasteiger partial charge in [0.2, 0.25) is 0 Å². The van der Waals surface area contributed by atoms with Crippen LogP contribution >= 0.6 is 36.4 Å².